The first kappa shape index (κ1) is 44.4. The molecule has 0 saturated carbocycles. The van der Waals surface area contributed by atoms with Crippen molar-refractivity contribution in [3.8, 4) is 0 Å². The van der Waals surface area contributed by atoms with E-state index in [1.807, 2.05) is 6.20 Å². The lowest BCUT2D eigenvalue weighted by Gasteiger charge is -2.46. The second-order valence-corrected chi connectivity index (χ2v) is 25.5. The van der Waals surface area contributed by atoms with Gasteiger partial charge in [0.25, 0.3) is 6.71 Å². The zero-order valence-corrected chi connectivity index (χ0v) is 43.8. The molecule has 0 fully saturated rings. The first-order valence-corrected chi connectivity index (χ1v) is 25.0. The number of aryl methyl sites for hydroxylation is 2. The molecule has 11 rings (SSSR count). The van der Waals surface area contributed by atoms with E-state index < -0.39 is 0 Å². The van der Waals surface area contributed by atoms with E-state index in [4.69, 9.17) is 4.98 Å². The SMILES string of the molecule is Cc1ccnc(C)c1N1c2ccc(C(C)(C)C)cc2B2c3cc(C(C)(C)C)ccc3N(c3ccc(C(C)(C)C)cc3)c3c2c1c1c2cc(C(C)(C)C)ccc2n2c4ccc(C(C)(C)C)cc4c3c12. The number of hydrogen-bond donors (Lipinski definition) is 0. The molecule has 0 N–H and O–H groups in total. The molecule has 0 atom stereocenters. The Labute approximate surface area is 405 Å². The third kappa shape index (κ3) is 6.43. The van der Waals surface area contributed by atoms with Crippen LogP contribution in [0, 0.1) is 13.8 Å². The van der Waals surface area contributed by atoms with Gasteiger partial charge in [0.15, 0.2) is 0 Å². The van der Waals surface area contributed by atoms with Crippen LogP contribution in [0.4, 0.5) is 34.1 Å². The molecular weight excluding hydrogens is 824 g/mol. The first-order valence-electron chi connectivity index (χ1n) is 25.0. The van der Waals surface area contributed by atoms with Crippen LogP contribution >= 0.6 is 0 Å². The lowest BCUT2D eigenvalue weighted by Crippen LogP contribution is -2.62. The van der Waals surface area contributed by atoms with Crippen LogP contribution in [0.3, 0.4) is 0 Å². The van der Waals surface area contributed by atoms with Crippen LogP contribution in [0.25, 0.3) is 38.1 Å². The van der Waals surface area contributed by atoms with Crippen molar-refractivity contribution in [1.29, 1.82) is 0 Å². The van der Waals surface area contributed by atoms with Gasteiger partial charge in [-0.05, 0) is 145 Å². The Hall–Kier alpha value is -6.07. The minimum atomic E-state index is -0.0637. The molecule has 344 valence electrons. The van der Waals surface area contributed by atoms with Gasteiger partial charge in [0.05, 0.1) is 39.3 Å². The van der Waals surface area contributed by atoms with Crippen LogP contribution in [-0.2, 0) is 27.1 Å². The fourth-order valence-corrected chi connectivity index (χ4v) is 11.6. The normalized spacial score (nSPS) is 14.5. The molecule has 0 bridgehead atoms. The molecule has 0 spiro atoms. The fraction of sp³-hybridized carbons (Fsp3) is 0.349. The molecular formula is C63H69BN4. The molecule has 68 heavy (non-hydrogen) atoms. The van der Waals surface area contributed by atoms with E-state index >= 15 is 0 Å². The van der Waals surface area contributed by atoms with E-state index in [-0.39, 0.29) is 33.8 Å². The summed E-state index contributed by atoms with van der Waals surface area (Å²) in [5, 5.41) is 5.23. The smallest absolute Gasteiger partial charge is 0.252 e. The maximum atomic E-state index is 5.09. The molecule has 0 aliphatic carbocycles. The molecule has 0 unspecified atom stereocenters. The number of anilines is 6. The maximum absolute atomic E-state index is 5.09. The zero-order valence-electron chi connectivity index (χ0n) is 43.8. The van der Waals surface area contributed by atoms with Crippen LogP contribution in [0.5, 0.6) is 0 Å². The monoisotopic (exact) mass is 893 g/mol. The third-order valence-electron chi connectivity index (χ3n) is 15.6. The molecule has 0 amide bonds. The Morgan fingerprint density at radius 2 is 0.838 bits per heavy atom. The third-order valence-corrected chi connectivity index (χ3v) is 15.6. The topological polar surface area (TPSA) is 23.8 Å². The van der Waals surface area contributed by atoms with Gasteiger partial charge in [-0.1, -0.05) is 152 Å². The van der Waals surface area contributed by atoms with Gasteiger partial charge in [0.1, 0.15) is 0 Å². The van der Waals surface area contributed by atoms with Gasteiger partial charge in [-0.25, -0.2) is 0 Å². The molecule has 6 aromatic carbocycles. The maximum Gasteiger partial charge on any atom is 0.252 e. The van der Waals surface area contributed by atoms with Gasteiger partial charge < -0.3 is 14.2 Å². The largest absolute Gasteiger partial charge is 0.311 e. The Balaban J connectivity index is 1.46. The highest BCUT2D eigenvalue weighted by molar-refractivity contribution is 7.01. The average Bonchev–Trinajstić information content (AvgIpc) is 3.77. The highest BCUT2D eigenvalue weighted by Gasteiger charge is 2.48. The van der Waals surface area contributed by atoms with Gasteiger partial charge in [-0.3, -0.25) is 4.98 Å². The Morgan fingerprint density at radius 1 is 0.426 bits per heavy atom. The van der Waals surface area contributed by atoms with E-state index in [0.717, 1.165) is 11.4 Å². The molecule has 0 radical (unpaired) electrons. The highest BCUT2D eigenvalue weighted by atomic mass is 15.2. The molecule has 5 heteroatoms. The van der Waals surface area contributed by atoms with Crippen molar-refractivity contribution in [2.24, 2.45) is 0 Å². The van der Waals surface area contributed by atoms with Crippen molar-refractivity contribution in [2.75, 3.05) is 9.80 Å². The standard InChI is InChI=1S/C63H69BN4/c1-36-30-31-65-37(2)55(36)68-51-29-23-42(63(15,16)17)35-47(51)64-46-34-41(62(12,13)14)22-28-50(46)66(43-24-18-38(19-25-43)59(3,4)5)57-52-44-32-39(60(6,7)8)20-26-48(44)67-49-27-21-40(61(9,10)11)33-45(49)53(56(52)67)58(68)54(57)64/h18-35H,1-17H3. The minimum Gasteiger partial charge on any atom is -0.311 e. The summed E-state index contributed by atoms with van der Waals surface area (Å²) in [5.41, 5.74) is 23.9. The summed E-state index contributed by atoms with van der Waals surface area (Å²) >= 11 is 0. The molecule has 4 nitrogen and oxygen atoms in total. The number of rotatable bonds is 2. The van der Waals surface area contributed by atoms with Crippen molar-refractivity contribution in [1.82, 2.24) is 9.38 Å². The second-order valence-electron chi connectivity index (χ2n) is 25.5. The van der Waals surface area contributed by atoms with Crippen LogP contribution in [0.2, 0.25) is 0 Å². The summed E-state index contributed by atoms with van der Waals surface area (Å²) in [7, 11) is 0. The van der Waals surface area contributed by atoms with Crippen molar-refractivity contribution in [3.63, 3.8) is 0 Å². The van der Waals surface area contributed by atoms with E-state index in [2.05, 4.69) is 235 Å². The van der Waals surface area contributed by atoms with E-state index in [0.29, 0.717) is 0 Å². The average molecular weight is 893 g/mol. The molecule has 9 aromatic rings. The summed E-state index contributed by atoms with van der Waals surface area (Å²) in [6.07, 6.45) is 1.98. The fourth-order valence-electron chi connectivity index (χ4n) is 11.6. The minimum absolute atomic E-state index is 0.0146. The Morgan fingerprint density at radius 3 is 1.29 bits per heavy atom. The van der Waals surface area contributed by atoms with Gasteiger partial charge in [0, 0.05) is 44.8 Å². The second kappa shape index (κ2) is 14.3. The summed E-state index contributed by atoms with van der Waals surface area (Å²) in [6.45, 7) is 39.6. The number of benzene rings is 6. The zero-order chi connectivity index (χ0) is 48.5. The van der Waals surface area contributed by atoms with Crippen LogP contribution in [0.1, 0.15) is 143 Å². The predicted molar refractivity (Wildman–Crippen MR) is 296 cm³/mol. The number of aromatic nitrogens is 2. The number of nitrogens with zero attached hydrogens (tertiary/aromatic N) is 4. The van der Waals surface area contributed by atoms with E-state index in [1.54, 1.807) is 0 Å². The number of hydrogen-bond acceptors (Lipinski definition) is 3. The summed E-state index contributed by atoms with van der Waals surface area (Å²) < 4.78 is 2.62. The van der Waals surface area contributed by atoms with Crippen molar-refractivity contribution in [3.05, 3.63) is 148 Å². The van der Waals surface area contributed by atoms with Crippen LogP contribution < -0.4 is 26.2 Å². The summed E-state index contributed by atoms with van der Waals surface area (Å²) in [5.74, 6) is 0. The molecule has 2 aliphatic heterocycles. The Bertz CT molecular complexity index is 3530. The predicted octanol–water partition coefficient (Wildman–Crippen LogP) is 15.4. The van der Waals surface area contributed by atoms with Crippen molar-refractivity contribution in [2.45, 2.75) is 145 Å². The van der Waals surface area contributed by atoms with Gasteiger partial charge in [0.2, 0.25) is 0 Å². The molecule has 0 saturated heterocycles. The summed E-state index contributed by atoms with van der Waals surface area (Å²) in [6, 6.07) is 41.2. The van der Waals surface area contributed by atoms with Gasteiger partial charge >= 0.3 is 0 Å². The number of pyridine rings is 1. The lowest BCUT2D eigenvalue weighted by molar-refractivity contribution is 0.590. The van der Waals surface area contributed by atoms with Gasteiger partial charge in [-0.2, -0.15) is 0 Å². The highest BCUT2D eigenvalue weighted by Crippen LogP contribution is 2.56. The van der Waals surface area contributed by atoms with E-state index in [9.17, 15) is 0 Å². The van der Waals surface area contributed by atoms with Crippen molar-refractivity contribution >= 4 is 95.3 Å². The first-order chi connectivity index (χ1) is 31.7. The lowest BCUT2D eigenvalue weighted by atomic mass is 9.33. The Kier molecular flexibility index (Phi) is 9.31. The molecule has 5 heterocycles. The van der Waals surface area contributed by atoms with Gasteiger partial charge in [-0.15, -0.1) is 0 Å². The van der Waals surface area contributed by atoms with Crippen molar-refractivity contribution < 1.29 is 0 Å². The molecule has 3 aromatic heterocycles. The van der Waals surface area contributed by atoms with Crippen LogP contribution in [-0.4, -0.2) is 16.1 Å². The van der Waals surface area contributed by atoms with E-state index in [1.165, 1.54) is 116 Å². The quantitative estimate of drug-likeness (QED) is 0.162. The number of fused-ring (bicyclic) bond motifs is 12. The van der Waals surface area contributed by atoms with Crippen LogP contribution in [0.15, 0.2) is 109 Å². The summed E-state index contributed by atoms with van der Waals surface area (Å²) in [4.78, 5) is 10.4. The molecule has 2 aliphatic rings.